The van der Waals surface area contributed by atoms with Gasteiger partial charge in [-0.1, -0.05) is 6.92 Å². The molecule has 0 aliphatic carbocycles. The minimum absolute atomic E-state index is 0.00425. The number of aromatic nitrogens is 5. The van der Waals surface area contributed by atoms with E-state index in [-0.39, 0.29) is 27.6 Å². The second-order valence-electron chi connectivity index (χ2n) is 6.35. The van der Waals surface area contributed by atoms with Crippen molar-refractivity contribution in [1.82, 2.24) is 24.5 Å². The molecule has 0 spiro atoms. The van der Waals surface area contributed by atoms with E-state index < -0.39 is 21.7 Å². The summed E-state index contributed by atoms with van der Waals surface area (Å²) in [6, 6.07) is 3.78. The fourth-order valence-corrected chi connectivity index (χ4v) is 4.15. The van der Waals surface area contributed by atoms with E-state index in [1.165, 1.54) is 36.0 Å². The van der Waals surface area contributed by atoms with Crippen LogP contribution in [-0.4, -0.2) is 38.7 Å². The van der Waals surface area contributed by atoms with Gasteiger partial charge in [0.25, 0.3) is 0 Å². The van der Waals surface area contributed by atoms with E-state index in [0.29, 0.717) is 16.6 Å². The van der Waals surface area contributed by atoms with Crippen molar-refractivity contribution in [3.8, 4) is 11.4 Å². The van der Waals surface area contributed by atoms with Gasteiger partial charge in [0.1, 0.15) is 11.5 Å². The number of sulfone groups is 1. The zero-order chi connectivity index (χ0) is 21.0. The fourth-order valence-electron chi connectivity index (χ4n) is 3.06. The van der Waals surface area contributed by atoms with Crippen molar-refractivity contribution >= 4 is 31.9 Å². The molecule has 0 atom stereocenters. The summed E-state index contributed by atoms with van der Waals surface area (Å²) < 4.78 is 65.9. The number of nitrogens with zero attached hydrogens (tertiary/aromatic N) is 5. The number of alkyl halides is 3. The molecule has 3 heterocycles. The number of benzene rings is 1. The van der Waals surface area contributed by atoms with Gasteiger partial charge in [0.15, 0.2) is 9.84 Å². The van der Waals surface area contributed by atoms with E-state index in [2.05, 4.69) is 19.9 Å². The number of imidazole rings is 1. The van der Waals surface area contributed by atoms with E-state index >= 15 is 0 Å². The highest BCUT2D eigenvalue weighted by molar-refractivity contribution is 7.91. The lowest BCUT2D eigenvalue weighted by Crippen LogP contribution is -2.08. The third-order valence-electron chi connectivity index (χ3n) is 4.58. The lowest BCUT2D eigenvalue weighted by molar-refractivity contribution is -0.141. The highest BCUT2D eigenvalue weighted by Crippen LogP contribution is 2.34. The Bertz CT molecular complexity index is 1360. The van der Waals surface area contributed by atoms with Gasteiger partial charge in [-0.3, -0.25) is 9.97 Å². The predicted molar refractivity (Wildman–Crippen MR) is 99.8 cm³/mol. The summed E-state index contributed by atoms with van der Waals surface area (Å²) in [5.41, 5.74) is 0.408. The lowest BCUT2D eigenvalue weighted by Gasteiger charge is -2.11. The van der Waals surface area contributed by atoms with Crippen LogP contribution < -0.4 is 0 Å². The van der Waals surface area contributed by atoms with E-state index in [0.717, 1.165) is 12.3 Å². The SMILES string of the molecule is CCS(=O)(=O)c1cc2nccnc2cc1-c1nc2cc(C(F)(F)F)ncc2n1C. The van der Waals surface area contributed by atoms with Crippen molar-refractivity contribution in [2.75, 3.05) is 5.75 Å². The maximum atomic E-state index is 13.0. The molecule has 0 radical (unpaired) electrons. The van der Waals surface area contributed by atoms with Crippen LogP contribution in [0.15, 0.2) is 41.7 Å². The molecule has 4 rings (SSSR count). The quantitative estimate of drug-likeness (QED) is 0.504. The van der Waals surface area contributed by atoms with Gasteiger partial charge in [0.2, 0.25) is 0 Å². The molecule has 0 bridgehead atoms. The second-order valence-corrected chi connectivity index (χ2v) is 8.59. The van der Waals surface area contributed by atoms with E-state index in [9.17, 15) is 21.6 Å². The molecule has 150 valence electrons. The first-order valence-electron chi connectivity index (χ1n) is 8.49. The van der Waals surface area contributed by atoms with Crippen molar-refractivity contribution in [2.24, 2.45) is 7.05 Å². The third kappa shape index (κ3) is 3.20. The first-order valence-corrected chi connectivity index (χ1v) is 10.1. The van der Waals surface area contributed by atoms with Crippen molar-refractivity contribution in [3.63, 3.8) is 0 Å². The van der Waals surface area contributed by atoms with Crippen LogP contribution in [-0.2, 0) is 23.1 Å². The van der Waals surface area contributed by atoms with Crippen molar-refractivity contribution in [2.45, 2.75) is 18.0 Å². The number of hydrogen-bond acceptors (Lipinski definition) is 6. The number of halogens is 3. The minimum Gasteiger partial charge on any atom is -0.326 e. The van der Waals surface area contributed by atoms with Gasteiger partial charge in [-0.25, -0.2) is 18.4 Å². The number of pyridine rings is 1. The fraction of sp³-hybridized carbons (Fsp3) is 0.222. The van der Waals surface area contributed by atoms with Gasteiger partial charge < -0.3 is 4.57 Å². The first-order chi connectivity index (χ1) is 13.6. The minimum atomic E-state index is -4.61. The van der Waals surface area contributed by atoms with Crippen LogP contribution in [0.25, 0.3) is 33.5 Å². The van der Waals surface area contributed by atoms with Crippen LogP contribution >= 0.6 is 0 Å². The van der Waals surface area contributed by atoms with Crippen LogP contribution in [0.3, 0.4) is 0 Å². The maximum Gasteiger partial charge on any atom is 0.433 e. The Balaban J connectivity index is 2.04. The number of aryl methyl sites for hydroxylation is 1. The average molecular weight is 421 g/mol. The number of hydrogen-bond donors (Lipinski definition) is 0. The molecule has 11 heteroatoms. The Hall–Kier alpha value is -3.08. The Labute approximate surface area is 163 Å². The van der Waals surface area contributed by atoms with Gasteiger partial charge in [-0.2, -0.15) is 13.2 Å². The molecule has 29 heavy (non-hydrogen) atoms. The summed E-state index contributed by atoms with van der Waals surface area (Å²) in [4.78, 5) is 16.1. The molecule has 0 amide bonds. The molecule has 7 nitrogen and oxygen atoms in total. The Kier molecular flexibility index (Phi) is 4.30. The van der Waals surface area contributed by atoms with Gasteiger partial charge >= 0.3 is 6.18 Å². The summed E-state index contributed by atoms with van der Waals surface area (Å²) in [6.45, 7) is 1.51. The van der Waals surface area contributed by atoms with E-state index in [1.54, 1.807) is 7.05 Å². The summed E-state index contributed by atoms with van der Waals surface area (Å²) in [5, 5.41) is 0. The molecule has 0 fully saturated rings. The van der Waals surface area contributed by atoms with E-state index in [1.807, 2.05) is 0 Å². The maximum absolute atomic E-state index is 13.0. The summed E-state index contributed by atoms with van der Waals surface area (Å²) >= 11 is 0. The van der Waals surface area contributed by atoms with Crippen LogP contribution in [0.5, 0.6) is 0 Å². The van der Waals surface area contributed by atoms with Crippen LogP contribution in [0, 0.1) is 0 Å². The van der Waals surface area contributed by atoms with E-state index in [4.69, 9.17) is 0 Å². The molecule has 0 N–H and O–H groups in total. The molecule has 1 aromatic carbocycles. The topological polar surface area (TPSA) is 90.6 Å². The molecular formula is C18H14F3N5O2S. The van der Waals surface area contributed by atoms with Gasteiger partial charge in [0.05, 0.1) is 38.9 Å². The normalized spacial score (nSPS) is 12.7. The van der Waals surface area contributed by atoms with Gasteiger partial charge in [-0.05, 0) is 18.2 Å². The largest absolute Gasteiger partial charge is 0.433 e. The highest BCUT2D eigenvalue weighted by Gasteiger charge is 2.33. The zero-order valence-corrected chi connectivity index (χ0v) is 16.1. The Morgan fingerprint density at radius 1 is 1.00 bits per heavy atom. The number of rotatable bonds is 3. The van der Waals surface area contributed by atoms with Crippen LogP contribution in [0.1, 0.15) is 12.6 Å². The highest BCUT2D eigenvalue weighted by atomic mass is 32.2. The molecule has 0 unspecified atom stereocenters. The van der Waals surface area contributed by atoms with Crippen molar-refractivity contribution in [1.29, 1.82) is 0 Å². The molecule has 0 saturated heterocycles. The standard InChI is InChI=1S/C18H14F3N5O2S/c1-3-29(27,28)15-7-12-11(22-4-5-23-12)6-10(15)17-25-13-8-16(18(19,20)21)24-9-14(13)26(17)2/h4-9H,3H2,1-2H3. The summed E-state index contributed by atoms with van der Waals surface area (Å²) in [7, 11) is -2.08. The van der Waals surface area contributed by atoms with Gasteiger partial charge in [-0.15, -0.1) is 0 Å². The van der Waals surface area contributed by atoms with Crippen molar-refractivity contribution < 1.29 is 21.6 Å². The molecule has 0 aliphatic rings. The average Bonchev–Trinajstić information content (AvgIpc) is 3.02. The first kappa shape index (κ1) is 19.2. The molecule has 0 aliphatic heterocycles. The molecule has 4 aromatic rings. The predicted octanol–water partition coefficient (Wildman–Crippen LogP) is 3.39. The van der Waals surface area contributed by atoms with Crippen molar-refractivity contribution in [3.05, 3.63) is 42.5 Å². The summed E-state index contributed by atoms with van der Waals surface area (Å²) in [5.74, 6) is 0.0378. The summed E-state index contributed by atoms with van der Waals surface area (Å²) in [6.07, 6.45) is -0.622. The van der Waals surface area contributed by atoms with Crippen LogP contribution in [0.4, 0.5) is 13.2 Å². The van der Waals surface area contributed by atoms with Crippen LogP contribution in [0.2, 0.25) is 0 Å². The molecule has 0 saturated carbocycles. The Morgan fingerprint density at radius 3 is 2.28 bits per heavy atom. The molecule has 3 aromatic heterocycles. The zero-order valence-electron chi connectivity index (χ0n) is 15.3. The molecular weight excluding hydrogens is 407 g/mol. The smallest absolute Gasteiger partial charge is 0.326 e. The third-order valence-corrected chi connectivity index (χ3v) is 6.35. The second kappa shape index (κ2) is 6.48. The number of fused-ring (bicyclic) bond motifs is 2. The monoisotopic (exact) mass is 421 g/mol. The Morgan fingerprint density at radius 2 is 1.66 bits per heavy atom. The van der Waals surface area contributed by atoms with Gasteiger partial charge in [0, 0.05) is 25.0 Å². The lowest BCUT2D eigenvalue weighted by atomic mass is 10.1.